The topological polar surface area (TPSA) is 83.6 Å². The maximum Gasteiger partial charge on any atom is 0.309 e. The van der Waals surface area contributed by atoms with E-state index in [1.807, 2.05) is 6.92 Å². The van der Waals surface area contributed by atoms with E-state index in [1.165, 1.54) is 16.2 Å². The summed E-state index contributed by atoms with van der Waals surface area (Å²) in [6, 6.07) is 2.31. The molecule has 0 unspecified atom stereocenters. The first-order valence-electron chi connectivity index (χ1n) is 10.5. The number of quaternary nitrogens is 1. The number of thiophene rings is 1. The SMILES string of the molecule is CCOC(=O)C1CC[NH+](CCC(=O)Nc2sc3c(c2C#N)CCCCC3)CC1. The van der Waals surface area contributed by atoms with E-state index in [0.29, 0.717) is 18.6 Å². The maximum atomic E-state index is 12.5. The van der Waals surface area contributed by atoms with Crippen LogP contribution < -0.4 is 10.2 Å². The number of nitrogens with zero attached hydrogens (tertiary/aromatic N) is 1. The summed E-state index contributed by atoms with van der Waals surface area (Å²) in [5.41, 5.74) is 1.84. The molecular formula is C21H30N3O3S+. The second-order valence-corrected chi connectivity index (χ2v) is 8.81. The Morgan fingerprint density at radius 3 is 2.71 bits per heavy atom. The maximum absolute atomic E-state index is 12.5. The summed E-state index contributed by atoms with van der Waals surface area (Å²) < 4.78 is 5.11. The summed E-state index contributed by atoms with van der Waals surface area (Å²) in [7, 11) is 0. The molecule has 0 aromatic carbocycles. The number of nitrogens with one attached hydrogen (secondary N) is 2. The number of aryl methyl sites for hydroxylation is 1. The van der Waals surface area contributed by atoms with Gasteiger partial charge in [0.05, 0.1) is 44.1 Å². The predicted octanol–water partition coefficient (Wildman–Crippen LogP) is 2.08. The van der Waals surface area contributed by atoms with E-state index in [2.05, 4.69) is 11.4 Å². The van der Waals surface area contributed by atoms with Gasteiger partial charge in [0.25, 0.3) is 0 Å². The van der Waals surface area contributed by atoms with Crippen LogP contribution in [0.2, 0.25) is 0 Å². The number of anilines is 1. The van der Waals surface area contributed by atoms with Crippen LogP contribution in [0.15, 0.2) is 0 Å². The van der Waals surface area contributed by atoms with Gasteiger partial charge in [0.15, 0.2) is 0 Å². The molecule has 1 saturated heterocycles. The van der Waals surface area contributed by atoms with E-state index < -0.39 is 0 Å². The zero-order valence-electron chi connectivity index (χ0n) is 16.6. The average molecular weight is 405 g/mol. The van der Waals surface area contributed by atoms with Crippen molar-refractivity contribution in [3.05, 3.63) is 16.0 Å². The minimum absolute atomic E-state index is 0.0113. The summed E-state index contributed by atoms with van der Waals surface area (Å²) in [4.78, 5) is 26.9. The Morgan fingerprint density at radius 1 is 1.25 bits per heavy atom. The molecule has 2 aliphatic rings. The van der Waals surface area contributed by atoms with Gasteiger partial charge in [-0.25, -0.2) is 0 Å². The molecule has 0 radical (unpaired) electrons. The highest BCUT2D eigenvalue weighted by Gasteiger charge is 2.28. The van der Waals surface area contributed by atoms with E-state index >= 15 is 0 Å². The lowest BCUT2D eigenvalue weighted by molar-refractivity contribution is -0.905. The van der Waals surface area contributed by atoms with Gasteiger partial charge in [-0.3, -0.25) is 9.59 Å². The zero-order chi connectivity index (χ0) is 19.9. The van der Waals surface area contributed by atoms with Crippen LogP contribution in [0.25, 0.3) is 0 Å². The van der Waals surface area contributed by atoms with Crippen molar-refractivity contribution < 1.29 is 19.2 Å². The Bertz CT molecular complexity index is 745. The van der Waals surface area contributed by atoms with Gasteiger partial charge in [0.1, 0.15) is 11.1 Å². The molecule has 0 bridgehead atoms. The van der Waals surface area contributed by atoms with Gasteiger partial charge in [0.2, 0.25) is 5.91 Å². The van der Waals surface area contributed by atoms with Gasteiger partial charge in [0, 0.05) is 17.7 Å². The Balaban J connectivity index is 1.48. The third-order valence-corrected chi connectivity index (χ3v) is 7.01. The van der Waals surface area contributed by atoms with Crippen molar-refractivity contribution in [2.45, 2.75) is 58.3 Å². The molecule has 2 heterocycles. The molecule has 1 aliphatic heterocycles. The highest BCUT2D eigenvalue weighted by Crippen LogP contribution is 2.36. The van der Waals surface area contributed by atoms with Crippen LogP contribution in [-0.2, 0) is 27.2 Å². The number of carbonyl (C=O) groups excluding carboxylic acids is 2. The molecule has 1 aromatic heterocycles. The number of amides is 1. The van der Waals surface area contributed by atoms with Crippen molar-refractivity contribution >= 4 is 28.2 Å². The predicted molar refractivity (Wildman–Crippen MR) is 108 cm³/mol. The van der Waals surface area contributed by atoms with Crippen LogP contribution in [-0.4, -0.2) is 38.1 Å². The summed E-state index contributed by atoms with van der Waals surface area (Å²) in [5, 5.41) is 13.3. The fraction of sp³-hybridized carbons (Fsp3) is 0.667. The van der Waals surface area contributed by atoms with Gasteiger partial charge in [-0.15, -0.1) is 11.3 Å². The van der Waals surface area contributed by atoms with Crippen LogP contribution in [0.3, 0.4) is 0 Å². The molecule has 1 aromatic rings. The van der Waals surface area contributed by atoms with E-state index in [9.17, 15) is 14.9 Å². The fourth-order valence-corrected chi connectivity index (χ4v) is 5.46. The minimum atomic E-state index is -0.0826. The number of hydrogen-bond acceptors (Lipinski definition) is 5. The molecule has 1 aliphatic carbocycles. The number of nitriles is 1. The van der Waals surface area contributed by atoms with Crippen molar-refractivity contribution in [1.29, 1.82) is 5.26 Å². The molecule has 2 N–H and O–H groups in total. The normalized spacial score (nSPS) is 21.9. The summed E-state index contributed by atoms with van der Waals surface area (Å²) >= 11 is 1.59. The van der Waals surface area contributed by atoms with Gasteiger partial charge < -0.3 is 15.0 Å². The molecule has 28 heavy (non-hydrogen) atoms. The van der Waals surface area contributed by atoms with Gasteiger partial charge >= 0.3 is 5.97 Å². The first-order valence-corrected chi connectivity index (χ1v) is 11.3. The molecular weight excluding hydrogens is 374 g/mol. The number of likely N-dealkylation sites (tertiary alicyclic amines) is 1. The molecule has 3 rings (SSSR count). The first kappa shape index (κ1) is 20.8. The van der Waals surface area contributed by atoms with Gasteiger partial charge in [-0.2, -0.15) is 5.26 Å². The molecule has 7 heteroatoms. The van der Waals surface area contributed by atoms with Crippen LogP contribution in [0.5, 0.6) is 0 Å². The molecule has 6 nitrogen and oxygen atoms in total. The summed E-state index contributed by atoms with van der Waals surface area (Å²) in [5.74, 6) is -0.0917. The molecule has 0 spiro atoms. The van der Waals surface area contributed by atoms with Crippen molar-refractivity contribution in [1.82, 2.24) is 0 Å². The Labute approximate surface area is 170 Å². The van der Waals surface area contributed by atoms with E-state index in [1.54, 1.807) is 11.3 Å². The Kier molecular flexibility index (Phi) is 7.46. The van der Waals surface area contributed by atoms with Gasteiger partial charge in [-0.1, -0.05) is 6.42 Å². The van der Waals surface area contributed by atoms with E-state index in [-0.39, 0.29) is 17.8 Å². The summed E-state index contributed by atoms with van der Waals surface area (Å²) in [6.45, 7) is 4.82. The Morgan fingerprint density at radius 2 is 2.00 bits per heavy atom. The monoisotopic (exact) mass is 404 g/mol. The molecule has 0 atom stereocenters. The molecule has 1 fully saturated rings. The highest BCUT2D eigenvalue weighted by atomic mass is 32.1. The van der Waals surface area contributed by atoms with Crippen LogP contribution in [0.4, 0.5) is 5.00 Å². The number of piperidine rings is 1. The lowest BCUT2D eigenvalue weighted by atomic mass is 9.97. The van der Waals surface area contributed by atoms with E-state index in [4.69, 9.17) is 4.74 Å². The standard InChI is InChI=1S/C21H29N3O3S/c1-2-27-21(26)15-8-11-24(12-9-15)13-10-19(25)23-20-17(14-22)16-6-4-3-5-7-18(16)28-20/h15H,2-13H2,1H3,(H,23,25)/p+1. The van der Waals surface area contributed by atoms with Crippen molar-refractivity contribution in [3.8, 4) is 6.07 Å². The van der Waals surface area contributed by atoms with Gasteiger partial charge in [-0.05, 0) is 38.2 Å². The highest BCUT2D eigenvalue weighted by molar-refractivity contribution is 7.16. The molecule has 1 amide bonds. The minimum Gasteiger partial charge on any atom is -0.466 e. The lowest BCUT2D eigenvalue weighted by Gasteiger charge is -2.27. The number of fused-ring (bicyclic) bond motifs is 1. The largest absolute Gasteiger partial charge is 0.466 e. The van der Waals surface area contributed by atoms with Crippen molar-refractivity contribution in [3.63, 3.8) is 0 Å². The van der Waals surface area contributed by atoms with E-state index in [0.717, 1.165) is 68.7 Å². The number of ether oxygens (including phenoxy) is 1. The Hall–Kier alpha value is -1.91. The smallest absolute Gasteiger partial charge is 0.309 e. The average Bonchev–Trinajstić information content (AvgIpc) is 2.86. The quantitative estimate of drug-likeness (QED) is 0.562. The van der Waals surface area contributed by atoms with Crippen LogP contribution in [0.1, 0.15) is 61.5 Å². The lowest BCUT2D eigenvalue weighted by Crippen LogP contribution is -3.13. The van der Waals surface area contributed by atoms with Crippen LogP contribution in [0, 0.1) is 17.2 Å². The molecule has 152 valence electrons. The zero-order valence-corrected chi connectivity index (χ0v) is 17.5. The fourth-order valence-electron chi connectivity index (χ4n) is 4.20. The van der Waals surface area contributed by atoms with Crippen molar-refractivity contribution in [2.75, 3.05) is 31.6 Å². The van der Waals surface area contributed by atoms with Crippen LogP contribution >= 0.6 is 11.3 Å². The number of carbonyl (C=O) groups is 2. The summed E-state index contributed by atoms with van der Waals surface area (Å²) in [6.07, 6.45) is 7.55. The second-order valence-electron chi connectivity index (χ2n) is 7.70. The third-order valence-electron chi connectivity index (χ3n) is 5.80. The third kappa shape index (κ3) is 5.12. The number of hydrogen-bond donors (Lipinski definition) is 2. The first-order chi connectivity index (χ1) is 13.6. The number of esters is 1. The van der Waals surface area contributed by atoms with Crippen molar-refractivity contribution in [2.24, 2.45) is 5.92 Å². The number of rotatable bonds is 6. The second kappa shape index (κ2) is 10.0. The molecule has 0 saturated carbocycles.